The number of nitrogens with zero attached hydrogens (tertiary/aromatic N) is 3. The quantitative estimate of drug-likeness (QED) is 0.619. The van der Waals surface area contributed by atoms with Gasteiger partial charge in [-0.15, -0.1) is 4.98 Å². The third-order valence-corrected chi connectivity index (χ3v) is 2.53. The summed E-state index contributed by atoms with van der Waals surface area (Å²) in [5.41, 5.74) is 3.27. The molecule has 0 unspecified atom stereocenters. The number of aromatic nitrogens is 3. The van der Waals surface area contributed by atoms with Crippen LogP contribution in [0.1, 0.15) is 12.5 Å². The largest absolute Gasteiger partial charge is 0.464 e. The van der Waals surface area contributed by atoms with E-state index in [0.717, 1.165) is 5.56 Å². The van der Waals surface area contributed by atoms with Gasteiger partial charge in [-0.25, -0.2) is 5.84 Å². The van der Waals surface area contributed by atoms with E-state index in [-0.39, 0.29) is 18.0 Å². The van der Waals surface area contributed by atoms with Gasteiger partial charge in [0.2, 0.25) is 5.95 Å². The fourth-order valence-electron chi connectivity index (χ4n) is 1.39. The van der Waals surface area contributed by atoms with Crippen LogP contribution in [0.5, 0.6) is 12.0 Å². The second-order valence-electron chi connectivity index (χ2n) is 3.72. The Bertz CT molecular complexity index is 564. The van der Waals surface area contributed by atoms with Crippen molar-refractivity contribution in [2.75, 3.05) is 12.0 Å². The summed E-state index contributed by atoms with van der Waals surface area (Å²) >= 11 is 5.81. The second-order valence-corrected chi connectivity index (χ2v) is 4.15. The first-order valence-corrected chi connectivity index (χ1v) is 6.31. The van der Waals surface area contributed by atoms with Crippen LogP contribution < -0.4 is 20.7 Å². The lowest BCUT2D eigenvalue weighted by Crippen LogP contribution is -2.13. The first kappa shape index (κ1) is 14.3. The molecule has 1 heterocycles. The van der Waals surface area contributed by atoms with Crippen LogP contribution in [-0.4, -0.2) is 21.6 Å². The van der Waals surface area contributed by atoms with Crippen molar-refractivity contribution in [3.05, 3.63) is 34.9 Å². The Morgan fingerprint density at radius 3 is 2.35 bits per heavy atom. The summed E-state index contributed by atoms with van der Waals surface area (Å²) in [6.07, 6.45) is 0. The van der Waals surface area contributed by atoms with Gasteiger partial charge >= 0.3 is 12.0 Å². The van der Waals surface area contributed by atoms with Crippen molar-refractivity contribution < 1.29 is 9.47 Å². The summed E-state index contributed by atoms with van der Waals surface area (Å²) in [5, 5.41) is 0.669. The van der Waals surface area contributed by atoms with Gasteiger partial charge in [-0.3, -0.25) is 5.43 Å². The highest BCUT2D eigenvalue weighted by Crippen LogP contribution is 2.15. The van der Waals surface area contributed by atoms with Gasteiger partial charge in [0.25, 0.3) is 0 Å². The van der Waals surface area contributed by atoms with Gasteiger partial charge in [-0.1, -0.05) is 23.7 Å². The molecule has 0 aliphatic carbocycles. The normalized spacial score (nSPS) is 10.2. The van der Waals surface area contributed by atoms with Crippen LogP contribution in [-0.2, 0) is 6.61 Å². The Morgan fingerprint density at radius 1 is 1.10 bits per heavy atom. The number of hydrogen-bond acceptors (Lipinski definition) is 7. The van der Waals surface area contributed by atoms with E-state index in [1.807, 2.05) is 19.1 Å². The van der Waals surface area contributed by atoms with Crippen LogP contribution in [0.2, 0.25) is 5.02 Å². The van der Waals surface area contributed by atoms with Gasteiger partial charge in [0.05, 0.1) is 6.61 Å². The predicted octanol–water partition coefficient (Wildman–Crippen LogP) is 1.79. The molecular weight excluding hydrogens is 282 g/mol. The summed E-state index contributed by atoms with van der Waals surface area (Å²) in [5.74, 6) is 5.45. The average molecular weight is 296 g/mol. The molecule has 0 atom stereocenters. The van der Waals surface area contributed by atoms with E-state index in [1.165, 1.54) is 0 Å². The molecule has 0 bridgehead atoms. The van der Waals surface area contributed by atoms with E-state index >= 15 is 0 Å². The first-order valence-electron chi connectivity index (χ1n) is 5.94. The lowest BCUT2D eigenvalue weighted by molar-refractivity contribution is 0.261. The van der Waals surface area contributed by atoms with Crippen molar-refractivity contribution in [2.45, 2.75) is 13.5 Å². The second kappa shape index (κ2) is 6.88. The summed E-state index contributed by atoms with van der Waals surface area (Å²) in [4.78, 5) is 11.9. The molecule has 20 heavy (non-hydrogen) atoms. The topological polar surface area (TPSA) is 95.2 Å². The highest BCUT2D eigenvalue weighted by atomic mass is 35.5. The summed E-state index contributed by atoms with van der Waals surface area (Å²) in [7, 11) is 0. The Balaban J connectivity index is 2.07. The van der Waals surface area contributed by atoms with Crippen molar-refractivity contribution in [3.63, 3.8) is 0 Å². The summed E-state index contributed by atoms with van der Waals surface area (Å²) in [6.45, 7) is 2.56. The van der Waals surface area contributed by atoms with Gasteiger partial charge in [0, 0.05) is 5.02 Å². The number of nitrogens with two attached hydrogens (primary N) is 1. The first-order chi connectivity index (χ1) is 9.71. The lowest BCUT2D eigenvalue weighted by Gasteiger charge is -2.08. The molecule has 0 amide bonds. The molecule has 1 aromatic heterocycles. The number of nitrogen functional groups attached to an aromatic ring is 1. The molecule has 2 rings (SSSR count). The summed E-state index contributed by atoms with van der Waals surface area (Å²) < 4.78 is 10.7. The van der Waals surface area contributed by atoms with Gasteiger partial charge in [-0.2, -0.15) is 9.97 Å². The van der Waals surface area contributed by atoms with Gasteiger partial charge in [0.1, 0.15) is 6.61 Å². The zero-order chi connectivity index (χ0) is 14.4. The number of rotatable bonds is 6. The highest BCUT2D eigenvalue weighted by Gasteiger charge is 2.07. The smallest absolute Gasteiger partial charge is 0.324 e. The van der Waals surface area contributed by atoms with Crippen LogP contribution in [0.15, 0.2) is 24.3 Å². The van der Waals surface area contributed by atoms with E-state index in [1.54, 1.807) is 12.1 Å². The number of hydrazine groups is 1. The molecule has 0 fully saturated rings. The van der Waals surface area contributed by atoms with E-state index < -0.39 is 0 Å². The minimum atomic E-state index is 0.131. The zero-order valence-corrected chi connectivity index (χ0v) is 11.6. The Labute approximate surface area is 121 Å². The molecule has 0 spiro atoms. The molecule has 7 nitrogen and oxygen atoms in total. The fourth-order valence-corrected chi connectivity index (χ4v) is 1.52. The van der Waals surface area contributed by atoms with Crippen molar-refractivity contribution in [1.29, 1.82) is 0 Å². The molecule has 0 saturated carbocycles. The van der Waals surface area contributed by atoms with E-state index in [4.69, 9.17) is 26.9 Å². The number of anilines is 1. The van der Waals surface area contributed by atoms with Crippen molar-refractivity contribution in [1.82, 2.24) is 15.0 Å². The molecule has 1 aromatic carbocycles. The SMILES string of the molecule is CCOc1nc(NN)nc(OCc2ccc(Cl)cc2)n1. The van der Waals surface area contributed by atoms with Gasteiger partial charge < -0.3 is 9.47 Å². The van der Waals surface area contributed by atoms with Crippen molar-refractivity contribution in [3.8, 4) is 12.0 Å². The minimum absolute atomic E-state index is 0.131. The lowest BCUT2D eigenvalue weighted by atomic mass is 10.2. The maximum absolute atomic E-state index is 5.81. The maximum Gasteiger partial charge on any atom is 0.324 e. The molecule has 8 heteroatoms. The van der Waals surface area contributed by atoms with Crippen LogP contribution in [0, 0.1) is 0 Å². The number of halogens is 1. The molecule has 0 saturated heterocycles. The van der Waals surface area contributed by atoms with E-state index in [0.29, 0.717) is 18.2 Å². The van der Waals surface area contributed by atoms with Crippen LogP contribution >= 0.6 is 11.6 Å². The highest BCUT2D eigenvalue weighted by molar-refractivity contribution is 6.30. The van der Waals surface area contributed by atoms with E-state index in [9.17, 15) is 0 Å². The van der Waals surface area contributed by atoms with Crippen LogP contribution in [0.3, 0.4) is 0 Å². The van der Waals surface area contributed by atoms with Gasteiger partial charge in [-0.05, 0) is 24.6 Å². The Morgan fingerprint density at radius 2 is 1.75 bits per heavy atom. The number of benzene rings is 1. The number of nitrogens with one attached hydrogen (secondary N) is 1. The molecule has 106 valence electrons. The zero-order valence-electron chi connectivity index (χ0n) is 10.8. The molecular formula is C12H14ClN5O2. The van der Waals surface area contributed by atoms with Crippen molar-refractivity contribution >= 4 is 17.5 Å². The molecule has 0 aliphatic heterocycles. The molecule has 0 aliphatic rings. The third-order valence-electron chi connectivity index (χ3n) is 2.28. The maximum atomic E-state index is 5.81. The molecule has 0 radical (unpaired) electrons. The van der Waals surface area contributed by atoms with Crippen LogP contribution in [0.25, 0.3) is 0 Å². The predicted molar refractivity (Wildman–Crippen MR) is 74.6 cm³/mol. The van der Waals surface area contributed by atoms with Gasteiger partial charge in [0.15, 0.2) is 0 Å². The van der Waals surface area contributed by atoms with E-state index in [2.05, 4.69) is 20.4 Å². The summed E-state index contributed by atoms with van der Waals surface area (Å²) in [6, 6.07) is 7.57. The monoisotopic (exact) mass is 295 g/mol. The third kappa shape index (κ3) is 3.94. The Hall–Kier alpha value is -2.12. The fraction of sp³-hybridized carbons (Fsp3) is 0.250. The Kier molecular flexibility index (Phi) is 4.91. The molecule has 2 aromatic rings. The standard InChI is InChI=1S/C12H14ClN5O2/c1-2-19-11-15-10(18-14)16-12(17-11)20-7-8-3-5-9(13)6-4-8/h3-6H,2,7,14H2,1H3,(H,15,16,17,18). The van der Waals surface area contributed by atoms with Crippen LogP contribution in [0.4, 0.5) is 5.95 Å². The average Bonchev–Trinajstić information content (AvgIpc) is 2.47. The minimum Gasteiger partial charge on any atom is -0.464 e. The number of ether oxygens (including phenoxy) is 2. The number of hydrogen-bond donors (Lipinski definition) is 2. The molecule has 3 N–H and O–H groups in total. The van der Waals surface area contributed by atoms with Crippen molar-refractivity contribution in [2.24, 2.45) is 5.84 Å².